The molecule has 0 bridgehead atoms. The predicted molar refractivity (Wildman–Crippen MR) is 76.7 cm³/mol. The molecule has 19 heavy (non-hydrogen) atoms. The SMILES string of the molecule is C/C(=N/O)c1cccc(OCc2cncc(Br)c2)c1. The minimum Gasteiger partial charge on any atom is -0.489 e. The summed E-state index contributed by atoms with van der Waals surface area (Å²) < 4.78 is 6.61. The van der Waals surface area contributed by atoms with E-state index in [0.29, 0.717) is 12.3 Å². The van der Waals surface area contributed by atoms with Crippen LogP contribution in [-0.2, 0) is 6.61 Å². The quantitative estimate of drug-likeness (QED) is 0.531. The monoisotopic (exact) mass is 320 g/mol. The molecule has 2 rings (SSSR count). The zero-order chi connectivity index (χ0) is 13.7. The Balaban J connectivity index is 2.08. The van der Waals surface area contributed by atoms with E-state index in [9.17, 15) is 0 Å². The molecule has 98 valence electrons. The third kappa shape index (κ3) is 3.79. The number of pyridine rings is 1. The maximum atomic E-state index is 8.75. The fraction of sp³-hybridized carbons (Fsp3) is 0.143. The molecule has 0 unspecified atom stereocenters. The van der Waals surface area contributed by atoms with E-state index in [4.69, 9.17) is 9.94 Å². The maximum Gasteiger partial charge on any atom is 0.120 e. The van der Waals surface area contributed by atoms with Crippen LogP contribution in [0.15, 0.2) is 52.4 Å². The summed E-state index contributed by atoms with van der Waals surface area (Å²) in [6, 6.07) is 9.37. The van der Waals surface area contributed by atoms with Gasteiger partial charge in [-0.25, -0.2) is 0 Å². The van der Waals surface area contributed by atoms with Crippen molar-refractivity contribution in [1.29, 1.82) is 0 Å². The number of oxime groups is 1. The molecular formula is C14H13BrN2O2. The average molecular weight is 321 g/mol. The van der Waals surface area contributed by atoms with Crippen molar-refractivity contribution in [2.24, 2.45) is 5.16 Å². The fourth-order valence-corrected chi connectivity index (χ4v) is 1.98. The normalized spacial score (nSPS) is 11.4. The van der Waals surface area contributed by atoms with Crippen molar-refractivity contribution in [1.82, 2.24) is 4.98 Å². The second-order valence-electron chi connectivity index (χ2n) is 4.01. The third-order valence-corrected chi connectivity index (χ3v) is 3.00. The van der Waals surface area contributed by atoms with Gasteiger partial charge in [0.1, 0.15) is 12.4 Å². The van der Waals surface area contributed by atoms with Gasteiger partial charge in [-0.2, -0.15) is 0 Å². The highest BCUT2D eigenvalue weighted by Crippen LogP contribution is 2.17. The lowest BCUT2D eigenvalue weighted by Gasteiger charge is -2.07. The topological polar surface area (TPSA) is 54.7 Å². The molecule has 4 nitrogen and oxygen atoms in total. The number of benzene rings is 1. The van der Waals surface area contributed by atoms with Crippen LogP contribution in [0.4, 0.5) is 0 Å². The summed E-state index contributed by atoms with van der Waals surface area (Å²) in [5.41, 5.74) is 2.36. The van der Waals surface area contributed by atoms with E-state index in [2.05, 4.69) is 26.1 Å². The molecule has 0 aliphatic carbocycles. The van der Waals surface area contributed by atoms with Crippen LogP contribution in [0.1, 0.15) is 18.1 Å². The molecule has 0 saturated carbocycles. The lowest BCUT2D eigenvalue weighted by Crippen LogP contribution is -1.99. The Bertz CT molecular complexity index is 600. The summed E-state index contributed by atoms with van der Waals surface area (Å²) >= 11 is 3.37. The summed E-state index contributed by atoms with van der Waals surface area (Å²) in [6.07, 6.45) is 3.49. The van der Waals surface area contributed by atoms with Crippen LogP contribution in [0.25, 0.3) is 0 Å². The van der Waals surface area contributed by atoms with Crippen molar-refractivity contribution >= 4 is 21.6 Å². The summed E-state index contributed by atoms with van der Waals surface area (Å²) in [4.78, 5) is 4.08. The fourth-order valence-electron chi connectivity index (χ4n) is 1.57. The number of aromatic nitrogens is 1. The molecule has 0 saturated heterocycles. The van der Waals surface area contributed by atoms with Gasteiger partial charge < -0.3 is 9.94 Å². The van der Waals surface area contributed by atoms with Crippen molar-refractivity contribution < 1.29 is 9.94 Å². The average Bonchev–Trinajstić information content (AvgIpc) is 2.45. The van der Waals surface area contributed by atoms with Crippen molar-refractivity contribution in [3.8, 4) is 5.75 Å². The van der Waals surface area contributed by atoms with E-state index >= 15 is 0 Å². The molecule has 0 atom stereocenters. The molecule has 1 aromatic carbocycles. The number of ether oxygens (including phenoxy) is 1. The maximum absolute atomic E-state index is 8.75. The molecular weight excluding hydrogens is 308 g/mol. The molecule has 1 aromatic heterocycles. The molecule has 0 spiro atoms. The molecule has 2 aromatic rings. The Morgan fingerprint density at radius 3 is 2.95 bits per heavy atom. The van der Waals surface area contributed by atoms with E-state index in [1.165, 1.54) is 0 Å². The Morgan fingerprint density at radius 2 is 2.21 bits per heavy atom. The van der Waals surface area contributed by atoms with Gasteiger partial charge in [0.2, 0.25) is 0 Å². The van der Waals surface area contributed by atoms with Crippen molar-refractivity contribution in [3.63, 3.8) is 0 Å². The van der Waals surface area contributed by atoms with Gasteiger partial charge in [-0.3, -0.25) is 4.98 Å². The summed E-state index contributed by atoms with van der Waals surface area (Å²) in [5, 5.41) is 11.9. The molecule has 0 amide bonds. The van der Waals surface area contributed by atoms with Crippen LogP contribution >= 0.6 is 15.9 Å². The first-order valence-electron chi connectivity index (χ1n) is 5.70. The van der Waals surface area contributed by atoms with Crippen LogP contribution in [0, 0.1) is 0 Å². The minimum atomic E-state index is 0.436. The smallest absolute Gasteiger partial charge is 0.120 e. The van der Waals surface area contributed by atoms with E-state index in [1.54, 1.807) is 19.3 Å². The first kappa shape index (κ1) is 13.5. The standard InChI is InChI=1S/C14H13BrN2O2/c1-10(17-18)12-3-2-4-14(6-12)19-9-11-5-13(15)8-16-7-11/h2-8,18H,9H2,1H3/b17-10-. The Kier molecular flexibility index (Phi) is 4.52. The van der Waals surface area contributed by atoms with Crippen LogP contribution in [0.5, 0.6) is 5.75 Å². The van der Waals surface area contributed by atoms with E-state index in [1.807, 2.05) is 30.3 Å². The van der Waals surface area contributed by atoms with Gasteiger partial charge in [-0.05, 0) is 41.1 Å². The van der Waals surface area contributed by atoms with Crippen LogP contribution < -0.4 is 4.74 Å². The van der Waals surface area contributed by atoms with E-state index in [-0.39, 0.29) is 0 Å². The predicted octanol–water partition coefficient (Wildman–Crippen LogP) is 3.62. The van der Waals surface area contributed by atoms with Gasteiger partial charge in [-0.15, -0.1) is 0 Å². The highest BCUT2D eigenvalue weighted by molar-refractivity contribution is 9.10. The molecule has 5 heteroatoms. The van der Waals surface area contributed by atoms with Crippen molar-refractivity contribution in [2.45, 2.75) is 13.5 Å². The van der Waals surface area contributed by atoms with Gasteiger partial charge >= 0.3 is 0 Å². The number of rotatable bonds is 4. The second-order valence-corrected chi connectivity index (χ2v) is 4.93. The molecule has 0 fully saturated rings. The highest BCUT2D eigenvalue weighted by Gasteiger charge is 2.01. The zero-order valence-electron chi connectivity index (χ0n) is 10.4. The molecule has 1 heterocycles. The first-order chi connectivity index (χ1) is 9.19. The van der Waals surface area contributed by atoms with Crippen LogP contribution in [0.3, 0.4) is 0 Å². The van der Waals surface area contributed by atoms with Crippen molar-refractivity contribution in [3.05, 3.63) is 58.3 Å². The highest BCUT2D eigenvalue weighted by atomic mass is 79.9. The first-order valence-corrected chi connectivity index (χ1v) is 6.49. The zero-order valence-corrected chi connectivity index (χ0v) is 12.0. The van der Waals surface area contributed by atoms with Gasteiger partial charge in [0.25, 0.3) is 0 Å². The number of halogens is 1. The van der Waals surface area contributed by atoms with E-state index in [0.717, 1.165) is 21.3 Å². The molecule has 1 N–H and O–H groups in total. The second kappa shape index (κ2) is 6.33. The third-order valence-electron chi connectivity index (χ3n) is 2.57. The minimum absolute atomic E-state index is 0.436. The van der Waals surface area contributed by atoms with Crippen LogP contribution in [0.2, 0.25) is 0 Å². The van der Waals surface area contributed by atoms with Gasteiger partial charge in [-0.1, -0.05) is 17.3 Å². The van der Waals surface area contributed by atoms with Gasteiger partial charge in [0.15, 0.2) is 0 Å². The summed E-state index contributed by atoms with van der Waals surface area (Å²) in [6.45, 7) is 2.17. The summed E-state index contributed by atoms with van der Waals surface area (Å²) in [5.74, 6) is 0.723. The molecule has 0 aliphatic heterocycles. The number of hydrogen-bond acceptors (Lipinski definition) is 4. The lowest BCUT2D eigenvalue weighted by molar-refractivity contribution is 0.305. The lowest BCUT2D eigenvalue weighted by atomic mass is 10.1. The number of hydrogen-bond donors (Lipinski definition) is 1. The van der Waals surface area contributed by atoms with Crippen LogP contribution in [-0.4, -0.2) is 15.9 Å². The summed E-state index contributed by atoms with van der Waals surface area (Å²) in [7, 11) is 0. The van der Waals surface area contributed by atoms with E-state index < -0.39 is 0 Å². The van der Waals surface area contributed by atoms with Gasteiger partial charge in [0, 0.05) is 28.0 Å². The number of nitrogens with zero attached hydrogens (tertiary/aromatic N) is 2. The Morgan fingerprint density at radius 1 is 1.37 bits per heavy atom. The largest absolute Gasteiger partial charge is 0.489 e. The molecule has 0 radical (unpaired) electrons. The van der Waals surface area contributed by atoms with Crippen molar-refractivity contribution in [2.75, 3.05) is 0 Å². The van der Waals surface area contributed by atoms with Gasteiger partial charge in [0.05, 0.1) is 5.71 Å². The Hall–Kier alpha value is -1.88. The Labute approximate surface area is 119 Å². The molecule has 0 aliphatic rings.